The van der Waals surface area contributed by atoms with E-state index in [4.69, 9.17) is 0 Å². The number of rotatable bonds is 5. The molecule has 2 amide bonds. The summed E-state index contributed by atoms with van der Waals surface area (Å²) in [5.41, 5.74) is 1.69. The Morgan fingerprint density at radius 1 is 1.21 bits per heavy atom. The quantitative estimate of drug-likeness (QED) is 0.866. The molecule has 24 heavy (non-hydrogen) atoms. The van der Waals surface area contributed by atoms with Gasteiger partial charge in [-0.1, -0.05) is 12.1 Å². The number of benzene rings is 1. The van der Waals surface area contributed by atoms with E-state index in [1.54, 1.807) is 7.05 Å². The fraction of sp³-hybridized carbons (Fsp3) is 0.579. The van der Waals surface area contributed by atoms with Crippen LogP contribution < -0.4 is 10.6 Å². The van der Waals surface area contributed by atoms with Gasteiger partial charge in [0.05, 0.1) is 5.92 Å². The minimum Gasteiger partial charge on any atom is -0.355 e. The zero-order chi connectivity index (χ0) is 17.1. The SMILES string of the molecule is CNC(=O)c1ccc(CN(C)C(=O)[C@@H]2CCCN[C@@H]2C2CC2)cc1. The molecule has 2 fully saturated rings. The van der Waals surface area contributed by atoms with Crippen LogP contribution >= 0.6 is 0 Å². The van der Waals surface area contributed by atoms with Gasteiger partial charge in [0.2, 0.25) is 5.91 Å². The van der Waals surface area contributed by atoms with E-state index >= 15 is 0 Å². The molecular weight excluding hydrogens is 302 g/mol. The molecule has 1 heterocycles. The molecule has 5 heteroatoms. The van der Waals surface area contributed by atoms with E-state index in [1.807, 2.05) is 36.2 Å². The van der Waals surface area contributed by atoms with Gasteiger partial charge in [-0.05, 0) is 55.8 Å². The van der Waals surface area contributed by atoms with Crippen LogP contribution in [0.2, 0.25) is 0 Å². The molecule has 1 aromatic rings. The molecule has 130 valence electrons. The maximum atomic E-state index is 12.9. The highest BCUT2D eigenvalue weighted by molar-refractivity contribution is 5.93. The Kier molecular flexibility index (Phi) is 5.19. The molecule has 1 aliphatic heterocycles. The van der Waals surface area contributed by atoms with Gasteiger partial charge in [-0.25, -0.2) is 0 Å². The Balaban J connectivity index is 1.62. The van der Waals surface area contributed by atoms with Crippen molar-refractivity contribution in [2.75, 3.05) is 20.6 Å². The van der Waals surface area contributed by atoms with Crippen LogP contribution in [0.3, 0.4) is 0 Å². The molecule has 1 aliphatic carbocycles. The van der Waals surface area contributed by atoms with Gasteiger partial charge < -0.3 is 15.5 Å². The van der Waals surface area contributed by atoms with E-state index in [0.717, 1.165) is 24.9 Å². The van der Waals surface area contributed by atoms with Crippen molar-refractivity contribution in [2.24, 2.45) is 11.8 Å². The van der Waals surface area contributed by atoms with E-state index in [1.165, 1.54) is 12.8 Å². The van der Waals surface area contributed by atoms with Crippen molar-refractivity contribution in [3.63, 3.8) is 0 Å². The molecule has 2 atom stereocenters. The number of carbonyl (C=O) groups excluding carboxylic acids is 2. The van der Waals surface area contributed by atoms with Crippen molar-refractivity contribution in [1.82, 2.24) is 15.5 Å². The number of nitrogens with one attached hydrogen (secondary N) is 2. The highest BCUT2D eigenvalue weighted by Crippen LogP contribution is 2.39. The highest BCUT2D eigenvalue weighted by Gasteiger charge is 2.41. The summed E-state index contributed by atoms with van der Waals surface area (Å²) in [5, 5.41) is 6.18. The Morgan fingerprint density at radius 3 is 2.54 bits per heavy atom. The van der Waals surface area contributed by atoms with Crippen LogP contribution in [0, 0.1) is 11.8 Å². The number of hydrogen-bond donors (Lipinski definition) is 2. The number of nitrogens with zero attached hydrogens (tertiary/aromatic N) is 1. The lowest BCUT2D eigenvalue weighted by Gasteiger charge is -2.34. The minimum atomic E-state index is -0.0912. The molecule has 3 rings (SSSR count). The molecule has 0 spiro atoms. The fourth-order valence-corrected chi connectivity index (χ4v) is 3.68. The lowest BCUT2D eigenvalue weighted by atomic mass is 9.86. The van der Waals surface area contributed by atoms with Crippen LogP contribution in [0.1, 0.15) is 41.6 Å². The van der Waals surface area contributed by atoms with Gasteiger partial charge in [0.25, 0.3) is 5.91 Å². The molecule has 1 aromatic carbocycles. The maximum Gasteiger partial charge on any atom is 0.251 e. The Labute approximate surface area is 143 Å². The van der Waals surface area contributed by atoms with E-state index < -0.39 is 0 Å². The summed E-state index contributed by atoms with van der Waals surface area (Å²) in [4.78, 5) is 26.3. The maximum absolute atomic E-state index is 12.9. The Hall–Kier alpha value is -1.88. The van der Waals surface area contributed by atoms with E-state index in [0.29, 0.717) is 24.1 Å². The predicted molar refractivity (Wildman–Crippen MR) is 93.5 cm³/mol. The highest BCUT2D eigenvalue weighted by atomic mass is 16.2. The third kappa shape index (κ3) is 3.78. The third-order valence-electron chi connectivity index (χ3n) is 5.19. The van der Waals surface area contributed by atoms with E-state index in [2.05, 4.69) is 10.6 Å². The van der Waals surface area contributed by atoms with Crippen LogP contribution in [0.25, 0.3) is 0 Å². The summed E-state index contributed by atoms with van der Waals surface area (Å²) in [6.07, 6.45) is 4.58. The number of hydrogen-bond acceptors (Lipinski definition) is 3. The largest absolute Gasteiger partial charge is 0.355 e. The third-order valence-corrected chi connectivity index (χ3v) is 5.19. The van der Waals surface area contributed by atoms with E-state index in [-0.39, 0.29) is 17.7 Å². The first-order valence-electron chi connectivity index (χ1n) is 8.89. The van der Waals surface area contributed by atoms with Gasteiger partial charge in [0, 0.05) is 32.2 Å². The van der Waals surface area contributed by atoms with Gasteiger partial charge in [-0.3, -0.25) is 9.59 Å². The fourth-order valence-electron chi connectivity index (χ4n) is 3.68. The van der Waals surface area contributed by atoms with Crippen molar-refractivity contribution in [3.8, 4) is 0 Å². The van der Waals surface area contributed by atoms with Crippen LogP contribution in [0.4, 0.5) is 0 Å². The second kappa shape index (κ2) is 7.34. The average molecular weight is 329 g/mol. The summed E-state index contributed by atoms with van der Waals surface area (Å²) in [6, 6.07) is 7.82. The van der Waals surface area contributed by atoms with Crippen molar-refractivity contribution in [3.05, 3.63) is 35.4 Å². The molecule has 1 saturated heterocycles. The lowest BCUT2D eigenvalue weighted by Crippen LogP contribution is -2.49. The lowest BCUT2D eigenvalue weighted by molar-refractivity contribution is -0.136. The standard InChI is InChI=1S/C19H27N3O2/c1-20-18(23)15-7-5-13(6-8-15)12-22(2)19(24)16-4-3-11-21-17(16)14-9-10-14/h5-8,14,16-17,21H,3-4,9-12H2,1-2H3,(H,20,23)/t16-,17-/m1/s1. The van der Waals surface area contributed by atoms with Crippen molar-refractivity contribution >= 4 is 11.8 Å². The zero-order valence-corrected chi connectivity index (χ0v) is 14.5. The summed E-state index contributed by atoms with van der Waals surface area (Å²) >= 11 is 0. The second-order valence-electron chi connectivity index (χ2n) is 7.04. The Bertz CT molecular complexity index is 595. The van der Waals surface area contributed by atoms with Gasteiger partial charge in [-0.2, -0.15) is 0 Å². The molecular formula is C19H27N3O2. The number of amides is 2. The molecule has 0 aromatic heterocycles. The molecule has 0 bridgehead atoms. The molecule has 2 N–H and O–H groups in total. The van der Waals surface area contributed by atoms with Gasteiger partial charge >= 0.3 is 0 Å². The van der Waals surface area contributed by atoms with Crippen LogP contribution in [0.15, 0.2) is 24.3 Å². The van der Waals surface area contributed by atoms with Crippen LogP contribution in [0.5, 0.6) is 0 Å². The van der Waals surface area contributed by atoms with Crippen LogP contribution in [-0.2, 0) is 11.3 Å². The summed E-state index contributed by atoms with van der Waals surface area (Å²) in [7, 11) is 3.50. The molecule has 1 saturated carbocycles. The summed E-state index contributed by atoms with van der Waals surface area (Å²) in [6.45, 7) is 1.62. The van der Waals surface area contributed by atoms with Crippen LogP contribution in [-0.4, -0.2) is 43.4 Å². The van der Waals surface area contributed by atoms with E-state index in [9.17, 15) is 9.59 Å². The summed E-state index contributed by atoms with van der Waals surface area (Å²) < 4.78 is 0. The van der Waals surface area contributed by atoms with Gasteiger partial charge in [0.1, 0.15) is 0 Å². The molecule has 0 radical (unpaired) electrons. The van der Waals surface area contributed by atoms with Gasteiger partial charge in [0.15, 0.2) is 0 Å². The monoisotopic (exact) mass is 329 g/mol. The summed E-state index contributed by atoms with van der Waals surface area (Å²) in [5.74, 6) is 0.960. The topological polar surface area (TPSA) is 61.4 Å². The molecule has 2 aliphatic rings. The van der Waals surface area contributed by atoms with Crippen molar-refractivity contribution < 1.29 is 9.59 Å². The molecule has 0 unspecified atom stereocenters. The normalized spacial score (nSPS) is 23.6. The first-order valence-corrected chi connectivity index (χ1v) is 8.89. The zero-order valence-electron chi connectivity index (χ0n) is 14.5. The number of piperidine rings is 1. The van der Waals surface area contributed by atoms with Crippen molar-refractivity contribution in [1.29, 1.82) is 0 Å². The first kappa shape index (κ1) is 17.0. The first-order chi connectivity index (χ1) is 11.6. The number of carbonyl (C=O) groups is 2. The van der Waals surface area contributed by atoms with Crippen molar-refractivity contribution in [2.45, 2.75) is 38.3 Å². The smallest absolute Gasteiger partial charge is 0.251 e. The predicted octanol–water partition coefficient (Wildman–Crippen LogP) is 1.78. The van der Waals surface area contributed by atoms with Gasteiger partial charge in [-0.15, -0.1) is 0 Å². The molecule has 5 nitrogen and oxygen atoms in total. The minimum absolute atomic E-state index is 0.0912. The average Bonchev–Trinajstić information content (AvgIpc) is 3.46. The Morgan fingerprint density at radius 2 is 1.92 bits per heavy atom. The second-order valence-corrected chi connectivity index (χ2v) is 7.04.